The van der Waals surface area contributed by atoms with E-state index in [1.165, 1.54) is 0 Å². The Bertz CT molecular complexity index is 601. The third kappa shape index (κ3) is 3.87. The van der Waals surface area contributed by atoms with Crippen molar-refractivity contribution in [3.05, 3.63) is 34.9 Å². The van der Waals surface area contributed by atoms with Crippen molar-refractivity contribution in [3.63, 3.8) is 0 Å². The lowest BCUT2D eigenvalue weighted by molar-refractivity contribution is -0.129. The maximum atomic E-state index is 12.0. The fourth-order valence-electron chi connectivity index (χ4n) is 2.50. The Morgan fingerprint density at radius 2 is 1.95 bits per heavy atom. The lowest BCUT2D eigenvalue weighted by Crippen LogP contribution is -2.29. The number of likely N-dealkylation sites (tertiary alicyclic amines) is 1. The molecule has 2 unspecified atom stereocenters. The summed E-state index contributed by atoms with van der Waals surface area (Å²) in [5.74, 6) is -0.443. The average molecular weight is 336 g/mol. The van der Waals surface area contributed by atoms with Crippen LogP contribution in [0.4, 0.5) is 0 Å². The molecule has 0 saturated carbocycles. The Labute approximate surface area is 128 Å². The van der Waals surface area contributed by atoms with Gasteiger partial charge in [0.1, 0.15) is 0 Å². The zero-order chi connectivity index (χ0) is 14.9. The van der Waals surface area contributed by atoms with Crippen molar-refractivity contribution in [2.24, 2.45) is 5.92 Å². The molecule has 2 rings (SSSR count). The molecule has 1 amide bonds. The smallest absolute Gasteiger partial charge is 0.232 e. The van der Waals surface area contributed by atoms with Crippen LogP contribution in [0.1, 0.15) is 24.9 Å². The molecule has 1 aromatic rings. The molecule has 1 aliphatic heterocycles. The van der Waals surface area contributed by atoms with E-state index in [1.54, 1.807) is 17.0 Å². The van der Waals surface area contributed by atoms with Gasteiger partial charge in [-0.15, -0.1) is 0 Å². The molecule has 1 heterocycles. The third-order valence-corrected chi connectivity index (χ3v) is 4.99. The molecule has 0 aromatic heterocycles. The molecule has 110 valence electrons. The van der Waals surface area contributed by atoms with E-state index in [9.17, 15) is 13.2 Å². The first-order valence-electron chi connectivity index (χ1n) is 6.23. The number of halogens is 2. The van der Waals surface area contributed by atoms with Crippen LogP contribution >= 0.6 is 22.3 Å². The maximum Gasteiger partial charge on any atom is 0.232 e. The van der Waals surface area contributed by atoms with Crippen molar-refractivity contribution in [3.8, 4) is 0 Å². The summed E-state index contributed by atoms with van der Waals surface area (Å²) in [7, 11) is 1.68. The predicted molar refractivity (Wildman–Crippen MR) is 79.3 cm³/mol. The zero-order valence-corrected chi connectivity index (χ0v) is 13.2. The normalized spacial score (nSPS) is 21.2. The molecule has 7 heteroatoms. The first-order valence-corrected chi connectivity index (χ1v) is 9.09. The summed E-state index contributed by atoms with van der Waals surface area (Å²) in [5, 5.41) is 0.639. The number of carbonyl (C=O) groups excluding carboxylic acids is 1. The quantitative estimate of drug-likeness (QED) is 0.795. The molecular formula is C13H15Cl2NO3S. The van der Waals surface area contributed by atoms with E-state index >= 15 is 0 Å². The molecule has 0 bridgehead atoms. The first-order chi connectivity index (χ1) is 9.26. The molecule has 1 saturated heterocycles. The standard InChI is InChI=1S/C13H15Cl2NO3S/c1-9(11-2-4-12(14)5-3-11)16-7-10(6-13(16)17)8-20(15,18)19/h2-5,9-10H,6-8H2,1H3. The number of carbonyl (C=O) groups is 1. The van der Waals surface area contributed by atoms with Crippen molar-refractivity contribution >= 4 is 37.2 Å². The van der Waals surface area contributed by atoms with Gasteiger partial charge < -0.3 is 4.90 Å². The molecular weight excluding hydrogens is 321 g/mol. The summed E-state index contributed by atoms with van der Waals surface area (Å²) in [5.41, 5.74) is 0.970. The summed E-state index contributed by atoms with van der Waals surface area (Å²) in [6.07, 6.45) is 0.226. The van der Waals surface area contributed by atoms with Gasteiger partial charge in [0.2, 0.25) is 15.0 Å². The van der Waals surface area contributed by atoms with Crippen molar-refractivity contribution in [1.29, 1.82) is 0 Å². The average Bonchev–Trinajstić information content (AvgIpc) is 2.67. The molecule has 20 heavy (non-hydrogen) atoms. The fraction of sp³-hybridized carbons (Fsp3) is 0.462. The Morgan fingerprint density at radius 1 is 1.35 bits per heavy atom. The van der Waals surface area contributed by atoms with Gasteiger partial charge in [-0.2, -0.15) is 0 Å². The molecule has 0 spiro atoms. The Hall–Kier alpha value is -0.780. The van der Waals surface area contributed by atoms with Crippen molar-refractivity contribution in [1.82, 2.24) is 4.90 Å². The zero-order valence-electron chi connectivity index (χ0n) is 10.9. The number of hydrogen-bond acceptors (Lipinski definition) is 3. The molecule has 1 fully saturated rings. The van der Waals surface area contributed by atoms with Gasteiger partial charge in [-0.25, -0.2) is 8.42 Å². The van der Waals surface area contributed by atoms with E-state index in [2.05, 4.69) is 0 Å². The second kappa shape index (κ2) is 5.92. The number of hydrogen-bond donors (Lipinski definition) is 0. The maximum absolute atomic E-state index is 12.0. The summed E-state index contributed by atoms with van der Waals surface area (Å²) in [6, 6.07) is 7.17. The second-order valence-electron chi connectivity index (χ2n) is 5.05. The highest BCUT2D eigenvalue weighted by molar-refractivity contribution is 8.13. The van der Waals surface area contributed by atoms with Crippen LogP contribution in [0.15, 0.2) is 24.3 Å². The third-order valence-electron chi connectivity index (χ3n) is 3.49. The molecule has 4 nitrogen and oxygen atoms in total. The molecule has 0 radical (unpaired) electrons. The van der Waals surface area contributed by atoms with Crippen LogP contribution in [0.3, 0.4) is 0 Å². The Morgan fingerprint density at radius 3 is 2.50 bits per heavy atom. The highest BCUT2D eigenvalue weighted by Crippen LogP contribution is 2.30. The number of benzene rings is 1. The van der Waals surface area contributed by atoms with E-state index in [4.69, 9.17) is 22.3 Å². The van der Waals surface area contributed by atoms with E-state index in [1.807, 2.05) is 19.1 Å². The SMILES string of the molecule is CC(c1ccc(Cl)cc1)N1CC(CS(=O)(=O)Cl)CC1=O. The van der Waals surface area contributed by atoms with Crippen LogP contribution in [0.5, 0.6) is 0 Å². The molecule has 1 aromatic carbocycles. The second-order valence-corrected chi connectivity index (χ2v) is 8.31. The van der Waals surface area contributed by atoms with Gasteiger partial charge in [0, 0.05) is 34.6 Å². The van der Waals surface area contributed by atoms with Gasteiger partial charge in [0.05, 0.1) is 11.8 Å². The highest BCUT2D eigenvalue weighted by Gasteiger charge is 2.35. The van der Waals surface area contributed by atoms with Crippen molar-refractivity contribution in [2.45, 2.75) is 19.4 Å². The van der Waals surface area contributed by atoms with E-state index < -0.39 is 9.05 Å². The fourth-order valence-corrected chi connectivity index (χ4v) is 3.94. The van der Waals surface area contributed by atoms with Crippen LogP contribution in [0.25, 0.3) is 0 Å². The lowest BCUT2D eigenvalue weighted by atomic mass is 10.1. The summed E-state index contributed by atoms with van der Waals surface area (Å²) in [4.78, 5) is 13.7. The number of amides is 1. The monoisotopic (exact) mass is 335 g/mol. The van der Waals surface area contributed by atoms with E-state index in [0.717, 1.165) is 5.56 Å². The minimum absolute atomic E-state index is 0.0437. The molecule has 0 N–H and O–H groups in total. The van der Waals surface area contributed by atoms with Gasteiger partial charge >= 0.3 is 0 Å². The van der Waals surface area contributed by atoms with Crippen molar-refractivity contribution in [2.75, 3.05) is 12.3 Å². The van der Waals surface area contributed by atoms with Crippen LogP contribution in [-0.4, -0.2) is 31.5 Å². The van der Waals surface area contributed by atoms with Gasteiger partial charge in [-0.05, 0) is 24.6 Å². The van der Waals surface area contributed by atoms with Gasteiger partial charge in [-0.3, -0.25) is 4.79 Å². The summed E-state index contributed by atoms with van der Waals surface area (Å²) < 4.78 is 22.2. The highest BCUT2D eigenvalue weighted by atomic mass is 35.7. The Balaban J connectivity index is 2.09. The lowest BCUT2D eigenvalue weighted by Gasteiger charge is -2.25. The van der Waals surface area contributed by atoms with Gasteiger partial charge in [0.15, 0.2) is 0 Å². The Kier molecular flexibility index (Phi) is 4.62. The largest absolute Gasteiger partial charge is 0.336 e. The number of rotatable bonds is 4. The van der Waals surface area contributed by atoms with Crippen LogP contribution in [-0.2, 0) is 13.8 Å². The topological polar surface area (TPSA) is 54.5 Å². The van der Waals surface area contributed by atoms with E-state index in [-0.39, 0.29) is 30.0 Å². The van der Waals surface area contributed by atoms with Gasteiger partial charge in [0.25, 0.3) is 0 Å². The molecule has 2 atom stereocenters. The van der Waals surface area contributed by atoms with Gasteiger partial charge in [-0.1, -0.05) is 23.7 Å². The summed E-state index contributed by atoms with van der Waals surface area (Å²) in [6.45, 7) is 2.33. The molecule has 1 aliphatic rings. The predicted octanol–water partition coefficient (Wildman–Crippen LogP) is 2.82. The van der Waals surface area contributed by atoms with Crippen LogP contribution < -0.4 is 0 Å². The first kappa shape index (κ1) is 15.6. The van der Waals surface area contributed by atoms with Crippen molar-refractivity contribution < 1.29 is 13.2 Å². The van der Waals surface area contributed by atoms with E-state index in [0.29, 0.717) is 11.6 Å². The summed E-state index contributed by atoms with van der Waals surface area (Å²) >= 11 is 5.84. The minimum Gasteiger partial charge on any atom is -0.336 e. The van der Waals surface area contributed by atoms with Crippen LogP contribution in [0, 0.1) is 5.92 Å². The minimum atomic E-state index is -3.57. The van der Waals surface area contributed by atoms with Crippen LogP contribution in [0.2, 0.25) is 5.02 Å². The molecule has 0 aliphatic carbocycles. The number of nitrogens with zero attached hydrogens (tertiary/aromatic N) is 1.